The molecule has 0 saturated carbocycles. The molecule has 0 unspecified atom stereocenters. The van der Waals surface area contributed by atoms with Gasteiger partial charge in [-0.3, -0.25) is 4.79 Å². The summed E-state index contributed by atoms with van der Waals surface area (Å²) in [6, 6.07) is 3.24. The van der Waals surface area contributed by atoms with Crippen LogP contribution in [0.4, 0.5) is 5.69 Å². The lowest BCUT2D eigenvalue weighted by Crippen LogP contribution is -2.41. The van der Waals surface area contributed by atoms with Gasteiger partial charge in [0.2, 0.25) is 0 Å². The lowest BCUT2D eigenvalue weighted by Gasteiger charge is -2.34. The molecule has 1 aromatic rings. The number of methoxy groups -OCH3 is 1. The molecule has 1 amide bonds. The first-order chi connectivity index (χ1) is 11.6. The number of nitrogens with zero attached hydrogens (tertiary/aromatic N) is 2. The number of carbonyl (C=O) groups is 1. The van der Waals surface area contributed by atoms with E-state index in [2.05, 4.69) is 4.90 Å². The third kappa shape index (κ3) is 3.78. The van der Waals surface area contributed by atoms with Crippen molar-refractivity contribution in [2.45, 2.75) is 25.7 Å². The molecule has 2 N–H and O–H groups in total. The quantitative estimate of drug-likeness (QED) is 0.847. The maximum Gasteiger partial charge on any atom is 0.257 e. The van der Waals surface area contributed by atoms with Crippen molar-refractivity contribution >= 4 is 23.2 Å². The second-order valence-corrected chi connectivity index (χ2v) is 7.22. The molecule has 1 aromatic carbocycles. The summed E-state index contributed by atoms with van der Waals surface area (Å²) < 4.78 is 5.31. The van der Waals surface area contributed by atoms with Crippen molar-refractivity contribution in [3.8, 4) is 5.75 Å². The molecule has 132 valence electrons. The molecule has 2 aliphatic rings. The third-order valence-corrected chi connectivity index (χ3v) is 5.49. The Morgan fingerprint density at radius 1 is 1.25 bits per heavy atom. The van der Waals surface area contributed by atoms with E-state index in [1.165, 1.54) is 32.5 Å². The Kier molecular flexibility index (Phi) is 5.51. The lowest BCUT2D eigenvalue weighted by atomic mass is 9.95. The van der Waals surface area contributed by atoms with E-state index in [0.29, 0.717) is 27.9 Å². The van der Waals surface area contributed by atoms with Gasteiger partial charge in [-0.05, 0) is 50.8 Å². The predicted octanol–water partition coefficient (Wildman–Crippen LogP) is 2.88. The monoisotopic (exact) mass is 351 g/mol. The molecule has 5 nitrogen and oxygen atoms in total. The van der Waals surface area contributed by atoms with Crippen LogP contribution in [0, 0.1) is 5.92 Å². The normalized spacial score (nSPS) is 19.7. The van der Waals surface area contributed by atoms with Gasteiger partial charge in [0.15, 0.2) is 0 Å². The van der Waals surface area contributed by atoms with Gasteiger partial charge in [-0.1, -0.05) is 11.6 Å². The van der Waals surface area contributed by atoms with Crippen LogP contribution in [-0.4, -0.2) is 55.5 Å². The van der Waals surface area contributed by atoms with Crippen LogP contribution in [-0.2, 0) is 0 Å². The lowest BCUT2D eigenvalue weighted by molar-refractivity contribution is 0.0669. The maximum absolute atomic E-state index is 12.8. The van der Waals surface area contributed by atoms with Gasteiger partial charge in [0.05, 0.1) is 23.4 Å². The van der Waals surface area contributed by atoms with E-state index in [-0.39, 0.29) is 5.91 Å². The van der Waals surface area contributed by atoms with E-state index in [1.807, 2.05) is 4.90 Å². The molecule has 2 heterocycles. The average molecular weight is 352 g/mol. The first kappa shape index (κ1) is 17.4. The highest BCUT2D eigenvalue weighted by molar-refractivity contribution is 6.33. The van der Waals surface area contributed by atoms with E-state index in [9.17, 15) is 4.79 Å². The second kappa shape index (κ2) is 7.62. The Bertz CT molecular complexity index is 594. The largest absolute Gasteiger partial charge is 0.496 e. The minimum Gasteiger partial charge on any atom is -0.496 e. The molecule has 24 heavy (non-hydrogen) atoms. The maximum atomic E-state index is 12.8. The zero-order chi connectivity index (χ0) is 17.1. The highest BCUT2D eigenvalue weighted by Gasteiger charge is 2.27. The Morgan fingerprint density at radius 2 is 1.92 bits per heavy atom. The number of hydrogen-bond donors (Lipinski definition) is 1. The van der Waals surface area contributed by atoms with Crippen molar-refractivity contribution in [2.75, 3.05) is 45.6 Å². The van der Waals surface area contributed by atoms with Crippen molar-refractivity contribution in [1.29, 1.82) is 0 Å². The summed E-state index contributed by atoms with van der Waals surface area (Å²) in [6.45, 7) is 5.24. The first-order valence-corrected chi connectivity index (χ1v) is 9.11. The van der Waals surface area contributed by atoms with E-state index >= 15 is 0 Å². The summed E-state index contributed by atoms with van der Waals surface area (Å²) in [5, 5.41) is 0.392. The Labute approximate surface area is 148 Å². The number of nitrogens with two attached hydrogens (primary N) is 1. The summed E-state index contributed by atoms with van der Waals surface area (Å²) in [5.74, 6) is 1.17. The number of likely N-dealkylation sites (tertiary alicyclic amines) is 2. The fourth-order valence-corrected chi connectivity index (χ4v) is 3.89. The minimum absolute atomic E-state index is 0.0200. The van der Waals surface area contributed by atoms with E-state index in [0.717, 1.165) is 25.9 Å². The molecule has 6 heteroatoms. The number of ether oxygens (including phenoxy) is 1. The molecular weight excluding hydrogens is 326 g/mol. The third-order valence-electron chi connectivity index (χ3n) is 5.17. The summed E-state index contributed by atoms with van der Waals surface area (Å²) in [4.78, 5) is 17.3. The molecule has 0 atom stereocenters. The van der Waals surface area contributed by atoms with Crippen LogP contribution in [0.1, 0.15) is 36.0 Å². The van der Waals surface area contributed by atoms with Crippen LogP contribution in [0.15, 0.2) is 12.1 Å². The average Bonchev–Trinajstić information content (AvgIpc) is 3.10. The van der Waals surface area contributed by atoms with Crippen molar-refractivity contribution in [3.63, 3.8) is 0 Å². The van der Waals surface area contributed by atoms with E-state index in [1.54, 1.807) is 19.2 Å². The van der Waals surface area contributed by atoms with Gasteiger partial charge in [-0.25, -0.2) is 0 Å². The van der Waals surface area contributed by atoms with Crippen LogP contribution in [0.3, 0.4) is 0 Å². The molecule has 0 aromatic heterocycles. The Balaban J connectivity index is 1.61. The van der Waals surface area contributed by atoms with Crippen LogP contribution >= 0.6 is 11.6 Å². The molecule has 3 rings (SSSR count). The molecule has 2 aliphatic heterocycles. The van der Waals surface area contributed by atoms with Gasteiger partial charge in [0, 0.05) is 25.7 Å². The molecule has 2 fully saturated rings. The van der Waals surface area contributed by atoms with Crippen molar-refractivity contribution in [1.82, 2.24) is 9.80 Å². The van der Waals surface area contributed by atoms with Gasteiger partial charge in [0.25, 0.3) is 5.91 Å². The smallest absolute Gasteiger partial charge is 0.257 e. The highest BCUT2D eigenvalue weighted by Crippen LogP contribution is 2.31. The van der Waals surface area contributed by atoms with Gasteiger partial charge in [-0.15, -0.1) is 0 Å². The number of benzene rings is 1. The highest BCUT2D eigenvalue weighted by atomic mass is 35.5. The van der Waals surface area contributed by atoms with Crippen LogP contribution < -0.4 is 10.5 Å². The fraction of sp³-hybridized carbons (Fsp3) is 0.611. The Morgan fingerprint density at radius 3 is 2.54 bits per heavy atom. The van der Waals surface area contributed by atoms with E-state index in [4.69, 9.17) is 22.1 Å². The predicted molar refractivity (Wildman–Crippen MR) is 96.7 cm³/mol. The number of anilines is 1. The van der Waals surface area contributed by atoms with Gasteiger partial charge < -0.3 is 20.3 Å². The molecule has 0 radical (unpaired) electrons. The van der Waals surface area contributed by atoms with Gasteiger partial charge >= 0.3 is 0 Å². The number of halogens is 1. The molecular formula is C18H26ClN3O2. The van der Waals surface area contributed by atoms with Gasteiger partial charge in [0.1, 0.15) is 5.75 Å². The molecule has 0 bridgehead atoms. The van der Waals surface area contributed by atoms with Gasteiger partial charge in [-0.2, -0.15) is 0 Å². The van der Waals surface area contributed by atoms with Crippen molar-refractivity contribution < 1.29 is 9.53 Å². The van der Waals surface area contributed by atoms with Crippen LogP contribution in [0.2, 0.25) is 5.02 Å². The summed E-state index contributed by atoms with van der Waals surface area (Å²) >= 11 is 6.09. The summed E-state index contributed by atoms with van der Waals surface area (Å²) in [5.41, 5.74) is 6.72. The summed E-state index contributed by atoms with van der Waals surface area (Å²) in [7, 11) is 1.54. The topological polar surface area (TPSA) is 58.8 Å². The minimum atomic E-state index is -0.0200. The number of amides is 1. The second-order valence-electron chi connectivity index (χ2n) is 6.82. The molecule has 0 spiro atoms. The molecule has 2 saturated heterocycles. The van der Waals surface area contributed by atoms with Crippen LogP contribution in [0.5, 0.6) is 5.75 Å². The SMILES string of the molecule is COc1cc(N)c(Cl)cc1C(=O)N1CCC(CN2CCCC2)CC1. The number of rotatable bonds is 4. The first-order valence-electron chi connectivity index (χ1n) is 8.73. The van der Waals surface area contributed by atoms with Crippen LogP contribution in [0.25, 0.3) is 0 Å². The van der Waals surface area contributed by atoms with Crippen molar-refractivity contribution in [3.05, 3.63) is 22.7 Å². The zero-order valence-electron chi connectivity index (χ0n) is 14.3. The number of carbonyl (C=O) groups excluding carboxylic acids is 1. The molecule has 0 aliphatic carbocycles. The summed E-state index contributed by atoms with van der Waals surface area (Å²) in [6.07, 6.45) is 4.78. The van der Waals surface area contributed by atoms with E-state index < -0.39 is 0 Å². The standard InChI is InChI=1S/C18H26ClN3O2/c1-24-17-11-16(20)15(19)10-14(17)18(23)22-8-4-13(5-9-22)12-21-6-2-3-7-21/h10-11,13H,2-9,12,20H2,1H3. The van der Waals surface area contributed by atoms with Crippen molar-refractivity contribution in [2.24, 2.45) is 5.92 Å². The number of hydrogen-bond acceptors (Lipinski definition) is 4. The number of nitrogen functional groups attached to an aromatic ring is 1. The zero-order valence-corrected chi connectivity index (χ0v) is 15.0. The number of piperidine rings is 1. The fourth-order valence-electron chi connectivity index (χ4n) is 3.72. The Hall–Kier alpha value is -1.46.